The van der Waals surface area contributed by atoms with Crippen LogP contribution in [0.3, 0.4) is 0 Å². The van der Waals surface area contributed by atoms with E-state index < -0.39 is 11.6 Å². The fraction of sp³-hybridized carbons (Fsp3) is 0.412. The third-order valence-corrected chi connectivity index (χ3v) is 4.74. The molecule has 1 unspecified atom stereocenters. The van der Waals surface area contributed by atoms with Crippen molar-refractivity contribution in [1.82, 2.24) is 10.5 Å². The molecule has 1 heterocycles. The maximum atomic E-state index is 13.2. The van der Waals surface area contributed by atoms with Crippen LogP contribution in [0.2, 0.25) is 0 Å². The Morgan fingerprint density at radius 1 is 1.33 bits per heavy atom. The minimum absolute atomic E-state index is 0.0961. The molecule has 2 rings (SSSR count). The van der Waals surface area contributed by atoms with Crippen LogP contribution in [0.4, 0.5) is 8.78 Å². The first-order valence-electron chi connectivity index (χ1n) is 7.59. The minimum Gasteiger partial charge on any atom is -0.361 e. The number of hydrogen-bond acceptors (Lipinski definition) is 4. The number of benzene rings is 1. The Kier molecular flexibility index (Phi) is 6.36. The molecule has 0 aliphatic carbocycles. The van der Waals surface area contributed by atoms with E-state index in [1.807, 2.05) is 20.8 Å². The van der Waals surface area contributed by atoms with Crippen LogP contribution in [-0.4, -0.2) is 23.4 Å². The van der Waals surface area contributed by atoms with Gasteiger partial charge in [-0.15, -0.1) is 11.8 Å². The van der Waals surface area contributed by atoms with E-state index in [1.165, 1.54) is 23.9 Å². The van der Waals surface area contributed by atoms with Gasteiger partial charge in [-0.3, -0.25) is 4.79 Å². The molecular weight excluding hydrogens is 334 g/mol. The van der Waals surface area contributed by atoms with Crippen LogP contribution in [0.25, 0.3) is 0 Å². The second kappa shape index (κ2) is 8.28. The largest absolute Gasteiger partial charge is 0.361 e. The first-order chi connectivity index (χ1) is 11.4. The summed E-state index contributed by atoms with van der Waals surface area (Å²) in [7, 11) is 0. The first-order valence-corrected chi connectivity index (χ1v) is 8.75. The van der Waals surface area contributed by atoms with Crippen molar-refractivity contribution in [3.63, 3.8) is 0 Å². The highest BCUT2D eigenvalue weighted by Gasteiger charge is 2.12. The van der Waals surface area contributed by atoms with Gasteiger partial charge in [0.25, 0.3) is 0 Å². The van der Waals surface area contributed by atoms with E-state index in [4.69, 9.17) is 4.52 Å². The van der Waals surface area contributed by atoms with E-state index in [2.05, 4.69) is 10.5 Å². The number of halogens is 2. The van der Waals surface area contributed by atoms with Crippen LogP contribution >= 0.6 is 11.8 Å². The van der Waals surface area contributed by atoms with Gasteiger partial charge < -0.3 is 9.84 Å². The average Bonchev–Trinajstić information content (AvgIpc) is 2.87. The number of carbonyl (C=O) groups is 1. The lowest BCUT2D eigenvalue weighted by atomic mass is 10.0. The number of aromatic nitrogens is 1. The summed E-state index contributed by atoms with van der Waals surface area (Å²) in [6, 6.07) is 3.79. The molecule has 1 N–H and O–H groups in total. The second-order valence-corrected chi connectivity index (χ2v) is 6.66. The average molecular weight is 354 g/mol. The van der Waals surface area contributed by atoms with Gasteiger partial charge in [-0.1, -0.05) is 18.1 Å². The summed E-state index contributed by atoms with van der Waals surface area (Å²) in [6.45, 7) is 5.94. The Balaban J connectivity index is 1.75. The highest BCUT2D eigenvalue weighted by atomic mass is 32.2. The lowest BCUT2D eigenvalue weighted by Gasteiger charge is -2.13. The zero-order valence-corrected chi connectivity index (χ0v) is 14.7. The number of nitrogens with one attached hydrogen (secondary N) is 1. The summed E-state index contributed by atoms with van der Waals surface area (Å²) in [6.07, 6.45) is 0. The van der Waals surface area contributed by atoms with Crippen molar-refractivity contribution >= 4 is 17.7 Å². The van der Waals surface area contributed by atoms with Crippen LogP contribution in [0.15, 0.2) is 22.7 Å². The third kappa shape index (κ3) is 4.80. The fourth-order valence-electron chi connectivity index (χ4n) is 2.21. The van der Waals surface area contributed by atoms with E-state index in [0.717, 1.165) is 23.1 Å². The van der Waals surface area contributed by atoms with Gasteiger partial charge in [0, 0.05) is 17.9 Å². The molecule has 1 aromatic heterocycles. The van der Waals surface area contributed by atoms with E-state index in [9.17, 15) is 13.6 Å². The predicted octanol–water partition coefficient (Wildman–Crippen LogP) is 3.72. The molecule has 2 aromatic rings. The molecule has 1 amide bonds. The maximum absolute atomic E-state index is 13.2. The number of aryl methyl sites for hydroxylation is 2. The molecular formula is C17H20F2N2O2S. The number of amides is 1. The fourth-order valence-corrected chi connectivity index (χ4v) is 3.21. The number of thioether (sulfide) groups is 1. The van der Waals surface area contributed by atoms with Crippen LogP contribution in [0.1, 0.15) is 35.4 Å². The van der Waals surface area contributed by atoms with Crippen molar-refractivity contribution in [2.75, 3.05) is 12.3 Å². The summed E-state index contributed by atoms with van der Waals surface area (Å²) in [5.41, 5.74) is 2.51. The van der Waals surface area contributed by atoms with Crippen molar-refractivity contribution in [1.29, 1.82) is 0 Å². The van der Waals surface area contributed by atoms with E-state index in [1.54, 1.807) is 0 Å². The first kappa shape index (κ1) is 18.4. The highest BCUT2D eigenvalue weighted by Crippen LogP contribution is 2.20. The third-order valence-electron chi connectivity index (χ3n) is 3.78. The molecule has 7 heteroatoms. The van der Waals surface area contributed by atoms with Gasteiger partial charge in [0.1, 0.15) is 5.76 Å². The molecule has 4 nitrogen and oxygen atoms in total. The van der Waals surface area contributed by atoms with Crippen LogP contribution < -0.4 is 5.32 Å². The Labute approximate surface area is 144 Å². The molecule has 0 bridgehead atoms. The van der Waals surface area contributed by atoms with E-state index in [0.29, 0.717) is 23.6 Å². The SMILES string of the molecule is Cc1noc(C)c1CSCC(=O)NCC(C)c1ccc(F)c(F)c1. The summed E-state index contributed by atoms with van der Waals surface area (Å²) < 4.78 is 31.2. The normalized spacial score (nSPS) is 12.2. The van der Waals surface area contributed by atoms with E-state index >= 15 is 0 Å². The lowest BCUT2D eigenvalue weighted by Crippen LogP contribution is -2.29. The summed E-state index contributed by atoms with van der Waals surface area (Å²) in [5, 5.41) is 6.68. The second-order valence-electron chi connectivity index (χ2n) is 5.67. The van der Waals surface area contributed by atoms with Crippen molar-refractivity contribution in [2.24, 2.45) is 0 Å². The van der Waals surface area contributed by atoms with Crippen molar-refractivity contribution < 1.29 is 18.1 Å². The molecule has 24 heavy (non-hydrogen) atoms. The summed E-state index contributed by atoms with van der Waals surface area (Å²) >= 11 is 1.48. The smallest absolute Gasteiger partial charge is 0.230 e. The standard InChI is InChI=1S/C17H20F2N2O2S/c1-10(13-4-5-15(18)16(19)6-13)7-20-17(22)9-24-8-14-11(2)21-23-12(14)3/h4-6,10H,7-9H2,1-3H3,(H,20,22). The van der Waals surface area contributed by atoms with E-state index in [-0.39, 0.29) is 11.8 Å². The predicted molar refractivity (Wildman–Crippen MR) is 89.9 cm³/mol. The van der Waals surface area contributed by atoms with Gasteiger partial charge in [0.2, 0.25) is 5.91 Å². The minimum atomic E-state index is -0.874. The van der Waals surface area contributed by atoms with Gasteiger partial charge in [-0.05, 0) is 37.5 Å². The molecule has 0 saturated carbocycles. The van der Waals surface area contributed by atoms with Crippen LogP contribution in [0.5, 0.6) is 0 Å². The summed E-state index contributed by atoms with van der Waals surface area (Å²) in [4.78, 5) is 11.9. The Morgan fingerprint density at radius 2 is 2.08 bits per heavy atom. The summed E-state index contributed by atoms with van der Waals surface area (Å²) in [5.74, 6) is -0.196. The van der Waals surface area contributed by atoms with Crippen LogP contribution in [0, 0.1) is 25.5 Å². The van der Waals surface area contributed by atoms with Crippen molar-refractivity contribution in [2.45, 2.75) is 32.4 Å². The van der Waals surface area contributed by atoms with Gasteiger partial charge in [-0.2, -0.15) is 0 Å². The highest BCUT2D eigenvalue weighted by molar-refractivity contribution is 7.99. The molecule has 1 aromatic carbocycles. The number of nitrogens with zero attached hydrogens (tertiary/aromatic N) is 1. The van der Waals surface area contributed by atoms with Crippen molar-refractivity contribution in [3.8, 4) is 0 Å². The topological polar surface area (TPSA) is 55.1 Å². The quantitative estimate of drug-likeness (QED) is 0.823. The molecule has 0 spiro atoms. The molecule has 1 atom stereocenters. The van der Waals surface area contributed by atoms with Gasteiger partial charge >= 0.3 is 0 Å². The van der Waals surface area contributed by atoms with Crippen molar-refractivity contribution in [3.05, 3.63) is 52.4 Å². The number of rotatable bonds is 7. The molecule has 0 aliphatic rings. The number of carbonyl (C=O) groups excluding carboxylic acids is 1. The number of hydrogen-bond donors (Lipinski definition) is 1. The lowest BCUT2D eigenvalue weighted by molar-refractivity contribution is -0.118. The molecule has 0 aliphatic heterocycles. The van der Waals surface area contributed by atoms with Gasteiger partial charge in [0.05, 0.1) is 11.4 Å². The molecule has 0 radical (unpaired) electrons. The monoisotopic (exact) mass is 354 g/mol. The molecule has 0 saturated heterocycles. The molecule has 130 valence electrons. The Morgan fingerprint density at radius 3 is 2.71 bits per heavy atom. The Hall–Kier alpha value is -1.89. The Bertz CT molecular complexity index is 699. The van der Waals surface area contributed by atoms with Gasteiger partial charge in [0.15, 0.2) is 11.6 Å². The van der Waals surface area contributed by atoms with Gasteiger partial charge in [-0.25, -0.2) is 8.78 Å². The zero-order chi connectivity index (χ0) is 17.7. The molecule has 0 fully saturated rings. The zero-order valence-electron chi connectivity index (χ0n) is 13.9. The maximum Gasteiger partial charge on any atom is 0.230 e. The van der Waals surface area contributed by atoms with Crippen LogP contribution in [-0.2, 0) is 10.5 Å².